The predicted molar refractivity (Wildman–Crippen MR) is 133 cm³/mol. The number of ketones is 2. The topological polar surface area (TPSA) is 47.0 Å². The maximum atomic E-state index is 12.1. The van der Waals surface area contributed by atoms with E-state index in [0.29, 0.717) is 22.3 Å². The fourth-order valence-electron chi connectivity index (χ4n) is 3.78. The first-order valence-electron chi connectivity index (χ1n) is 10.6. The molecule has 0 bridgehead atoms. The lowest BCUT2D eigenvalue weighted by Gasteiger charge is -2.16. The van der Waals surface area contributed by atoms with Crippen LogP contribution in [-0.4, -0.2) is 16.6 Å². The molecule has 0 radical (unpaired) electrons. The number of rotatable bonds is 2. The van der Waals surface area contributed by atoms with E-state index in [9.17, 15) is 9.59 Å². The van der Waals surface area contributed by atoms with Crippen LogP contribution >= 0.6 is 11.3 Å². The molecule has 0 fully saturated rings. The molecule has 1 aliphatic carbocycles. The number of hydrogen-bond acceptors (Lipinski definition) is 4. The van der Waals surface area contributed by atoms with Crippen molar-refractivity contribution in [3.05, 3.63) is 137 Å². The van der Waals surface area contributed by atoms with Gasteiger partial charge >= 0.3 is 0 Å². The summed E-state index contributed by atoms with van der Waals surface area (Å²) in [4.78, 5) is 28.9. The molecule has 1 aromatic heterocycles. The number of nitrogens with zero attached hydrogens (tertiary/aromatic N) is 1. The molecule has 0 saturated carbocycles. The van der Waals surface area contributed by atoms with Gasteiger partial charge in [0, 0.05) is 38.8 Å². The first kappa shape index (κ1) is 20.7. The molecule has 0 aliphatic heterocycles. The zero-order chi connectivity index (χ0) is 22.6. The molecule has 0 saturated heterocycles. The maximum Gasteiger partial charge on any atom is 0.194 e. The minimum atomic E-state index is -0.0641. The molecule has 1 heterocycles. The summed E-state index contributed by atoms with van der Waals surface area (Å²) in [7, 11) is 0. The van der Waals surface area contributed by atoms with Gasteiger partial charge in [-0.25, -0.2) is 4.98 Å². The van der Waals surface area contributed by atoms with Crippen LogP contribution < -0.4 is 0 Å². The first-order valence-corrected chi connectivity index (χ1v) is 11.4. The molecule has 5 aromatic rings. The number of fused-ring (bicyclic) bond motifs is 2. The SMILES string of the molecule is O=C1c2ccccc2C(=O)c2ccccc21.c1ccc(-c2csc(-c3ccccc3)n2)cc1. The Morgan fingerprint density at radius 3 is 1.33 bits per heavy atom. The highest BCUT2D eigenvalue weighted by Gasteiger charge is 2.28. The fourth-order valence-corrected chi connectivity index (χ4v) is 4.61. The molecule has 4 heteroatoms. The van der Waals surface area contributed by atoms with Crippen molar-refractivity contribution in [1.29, 1.82) is 0 Å². The van der Waals surface area contributed by atoms with Crippen LogP contribution in [-0.2, 0) is 0 Å². The van der Waals surface area contributed by atoms with Crippen LogP contribution in [0.2, 0.25) is 0 Å². The summed E-state index contributed by atoms with van der Waals surface area (Å²) in [5.74, 6) is -0.128. The Hall–Kier alpha value is -4.15. The van der Waals surface area contributed by atoms with Crippen molar-refractivity contribution in [2.75, 3.05) is 0 Å². The van der Waals surface area contributed by atoms with E-state index < -0.39 is 0 Å². The van der Waals surface area contributed by atoms with Crippen LogP contribution in [0.1, 0.15) is 31.8 Å². The van der Waals surface area contributed by atoms with E-state index in [2.05, 4.69) is 34.6 Å². The largest absolute Gasteiger partial charge is 0.289 e. The summed E-state index contributed by atoms with van der Waals surface area (Å²) >= 11 is 1.69. The normalized spacial score (nSPS) is 11.8. The highest BCUT2D eigenvalue weighted by molar-refractivity contribution is 7.13. The standard InChI is InChI=1S/C15H11NS.C14H8O2/c1-3-7-12(8-4-1)14-11-17-15(16-14)13-9-5-2-6-10-13;15-13-9-5-1-2-6-10(9)14(16)12-8-4-3-7-11(12)13/h1-11H;1-8H. The quantitative estimate of drug-likeness (QED) is 0.290. The highest BCUT2D eigenvalue weighted by atomic mass is 32.1. The van der Waals surface area contributed by atoms with E-state index in [1.54, 1.807) is 59.9 Å². The molecule has 0 spiro atoms. The molecular weight excluding hydrogens is 426 g/mol. The summed E-state index contributed by atoms with van der Waals surface area (Å²) in [6.45, 7) is 0. The Balaban J connectivity index is 0.000000139. The van der Waals surface area contributed by atoms with Crippen molar-refractivity contribution in [3.8, 4) is 21.8 Å². The van der Waals surface area contributed by atoms with Gasteiger partial charge in [0.1, 0.15) is 5.01 Å². The lowest BCUT2D eigenvalue weighted by Crippen LogP contribution is -2.20. The smallest absolute Gasteiger partial charge is 0.194 e. The van der Waals surface area contributed by atoms with Crippen LogP contribution in [0, 0.1) is 0 Å². The third kappa shape index (κ3) is 4.16. The molecule has 158 valence electrons. The molecule has 6 rings (SSSR count). The van der Waals surface area contributed by atoms with Crippen LogP contribution in [0.5, 0.6) is 0 Å². The van der Waals surface area contributed by atoms with Crippen LogP contribution in [0.25, 0.3) is 21.8 Å². The zero-order valence-electron chi connectivity index (χ0n) is 17.6. The number of thiazole rings is 1. The van der Waals surface area contributed by atoms with Crippen LogP contribution in [0.15, 0.2) is 115 Å². The van der Waals surface area contributed by atoms with E-state index in [1.807, 2.05) is 36.4 Å². The van der Waals surface area contributed by atoms with Gasteiger partial charge in [-0.05, 0) is 0 Å². The van der Waals surface area contributed by atoms with Crippen LogP contribution in [0.3, 0.4) is 0 Å². The summed E-state index contributed by atoms with van der Waals surface area (Å²) in [6.07, 6.45) is 0. The summed E-state index contributed by atoms with van der Waals surface area (Å²) in [6, 6.07) is 34.5. The summed E-state index contributed by atoms with van der Waals surface area (Å²) in [5, 5.41) is 3.18. The minimum absolute atomic E-state index is 0.0641. The van der Waals surface area contributed by atoms with E-state index in [1.165, 1.54) is 11.1 Å². The van der Waals surface area contributed by atoms with Crippen molar-refractivity contribution in [2.24, 2.45) is 0 Å². The van der Waals surface area contributed by atoms with E-state index >= 15 is 0 Å². The van der Waals surface area contributed by atoms with Gasteiger partial charge in [-0.15, -0.1) is 11.3 Å². The van der Waals surface area contributed by atoms with Gasteiger partial charge in [-0.1, -0.05) is 109 Å². The van der Waals surface area contributed by atoms with Crippen molar-refractivity contribution in [3.63, 3.8) is 0 Å². The lowest BCUT2D eigenvalue weighted by atomic mass is 9.84. The molecule has 0 amide bonds. The number of carbonyl (C=O) groups excluding carboxylic acids is 2. The van der Waals surface area contributed by atoms with Gasteiger partial charge in [-0.2, -0.15) is 0 Å². The Kier molecular flexibility index (Phi) is 5.75. The summed E-state index contributed by atoms with van der Waals surface area (Å²) in [5.41, 5.74) is 5.43. The molecule has 3 nitrogen and oxygen atoms in total. The van der Waals surface area contributed by atoms with Gasteiger partial charge in [0.25, 0.3) is 0 Å². The molecular formula is C29H19NO2S. The maximum absolute atomic E-state index is 12.1. The predicted octanol–water partition coefficient (Wildman–Crippen LogP) is 6.94. The fraction of sp³-hybridized carbons (Fsp3) is 0. The second-order valence-electron chi connectivity index (χ2n) is 7.52. The molecule has 33 heavy (non-hydrogen) atoms. The van der Waals surface area contributed by atoms with Gasteiger partial charge in [0.15, 0.2) is 11.6 Å². The molecule has 1 aliphatic rings. The van der Waals surface area contributed by atoms with Crippen molar-refractivity contribution in [2.45, 2.75) is 0 Å². The van der Waals surface area contributed by atoms with E-state index in [-0.39, 0.29) is 11.6 Å². The second-order valence-corrected chi connectivity index (χ2v) is 8.38. The van der Waals surface area contributed by atoms with Gasteiger partial charge in [0.2, 0.25) is 0 Å². The second kappa shape index (κ2) is 9.15. The Morgan fingerprint density at radius 1 is 0.485 bits per heavy atom. The summed E-state index contributed by atoms with van der Waals surface area (Å²) < 4.78 is 0. The zero-order valence-corrected chi connectivity index (χ0v) is 18.5. The van der Waals surface area contributed by atoms with Gasteiger partial charge in [0.05, 0.1) is 5.69 Å². The van der Waals surface area contributed by atoms with Gasteiger partial charge < -0.3 is 0 Å². The molecule has 4 aromatic carbocycles. The third-order valence-electron chi connectivity index (χ3n) is 5.43. The van der Waals surface area contributed by atoms with E-state index in [0.717, 1.165) is 10.7 Å². The minimum Gasteiger partial charge on any atom is -0.289 e. The van der Waals surface area contributed by atoms with Gasteiger partial charge in [-0.3, -0.25) is 9.59 Å². The monoisotopic (exact) mass is 445 g/mol. The number of carbonyl (C=O) groups is 2. The number of benzene rings is 4. The molecule has 0 unspecified atom stereocenters. The third-order valence-corrected chi connectivity index (χ3v) is 6.32. The highest BCUT2D eigenvalue weighted by Crippen LogP contribution is 2.28. The molecule has 0 atom stereocenters. The van der Waals surface area contributed by atoms with E-state index in [4.69, 9.17) is 0 Å². The first-order chi connectivity index (χ1) is 16.2. The Labute approximate surface area is 196 Å². The number of aromatic nitrogens is 1. The average molecular weight is 446 g/mol. The molecule has 0 N–H and O–H groups in total. The van der Waals surface area contributed by atoms with Crippen molar-refractivity contribution >= 4 is 22.9 Å². The lowest BCUT2D eigenvalue weighted by molar-refractivity contribution is 0.0979. The Bertz CT molecular complexity index is 1280. The van der Waals surface area contributed by atoms with Crippen molar-refractivity contribution < 1.29 is 9.59 Å². The number of hydrogen-bond donors (Lipinski definition) is 0. The Morgan fingerprint density at radius 2 is 0.879 bits per heavy atom. The van der Waals surface area contributed by atoms with Crippen molar-refractivity contribution in [1.82, 2.24) is 4.98 Å². The average Bonchev–Trinajstić information content (AvgIpc) is 3.39. The van der Waals surface area contributed by atoms with Crippen LogP contribution in [0.4, 0.5) is 0 Å².